The fraction of sp³-hybridized carbons (Fsp3) is 0.318. The lowest BCUT2D eigenvalue weighted by molar-refractivity contribution is -0.151. The lowest BCUT2D eigenvalue weighted by Crippen LogP contribution is -2.28. The zero-order valence-electron chi connectivity index (χ0n) is 16.7. The minimum atomic E-state index is -0.625. The smallest absolute Gasteiger partial charge is 0.311 e. The summed E-state index contributed by atoms with van der Waals surface area (Å²) >= 11 is 0. The van der Waals surface area contributed by atoms with Gasteiger partial charge in [0.05, 0.1) is 18.7 Å². The van der Waals surface area contributed by atoms with E-state index in [4.69, 9.17) is 9.47 Å². The number of anilines is 2. The van der Waals surface area contributed by atoms with Gasteiger partial charge < -0.3 is 19.7 Å². The van der Waals surface area contributed by atoms with Crippen LogP contribution in [0.15, 0.2) is 42.5 Å². The molecule has 0 radical (unpaired) electrons. The van der Waals surface area contributed by atoms with E-state index in [0.29, 0.717) is 17.1 Å². The van der Waals surface area contributed by atoms with Crippen molar-refractivity contribution in [3.05, 3.63) is 53.6 Å². The molecule has 1 N–H and O–H groups in total. The van der Waals surface area contributed by atoms with Crippen LogP contribution in [0, 0.1) is 19.8 Å². The highest BCUT2D eigenvalue weighted by molar-refractivity contribution is 6.01. The van der Waals surface area contributed by atoms with Crippen LogP contribution in [0.1, 0.15) is 17.5 Å². The summed E-state index contributed by atoms with van der Waals surface area (Å²) in [6, 6.07) is 12.8. The monoisotopic (exact) mass is 396 g/mol. The summed E-state index contributed by atoms with van der Waals surface area (Å²) in [5, 5.41) is 2.77. The molecule has 1 saturated heterocycles. The van der Waals surface area contributed by atoms with Crippen molar-refractivity contribution in [3.63, 3.8) is 0 Å². The molecule has 1 aliphatic rings. The molecule has 1 fully saturated rings. The number of ether oxygens (including phenoxy) is 2. The van der Waals surface area contributed by atoms with Gasteiger partial charge in [-0.15, -0.1) is 0 Å². The molecule has 1 atom stereocenters. The summed E-state index contributed by atoms with van der Waals surface area (Å²) < 4.78 is 10.5. The van der Waals surface area contributed by atoms with Crippen LogP contribution < -0.4 is 15.0 Å². The Balaban J connectivity index is 1.58. The van der Waals surface area contributed by atoms with Gasteiger partial charge in [-0.1, -0.05) is 30.3 Å². The van der Waals surface area contributed by atoms with Gasteiger partial charge in [0.15, 0.2) is 6.61 Å². The predicted octanol–water partition coefficient (Wildman–Crippen LogP) is 2.85. The lowest BCUT2D eigenvalue weighted by Gasteiger charge is -2.19. The van der Waals surface area contributed by atoms with Crippen molar-refractivity contribution in [2.24, 2.45) is 5.92 Å². The summed E-state index contributed by atoms with van der Waals surface area (Å²) in [4.78, 5) is 38.5. The maximum absolute atomic E-state index is 12.4. The number of nitrogens with one attached hydrogen (secondary N) is 1. The molecule has 29 heavy (non-hydrogen) atoms. The number of carbonyl (C=O) groups is 3. The highest BCUT2D eigenvalue weighted by Gasteiger charge is 2.37. The number of carbonyl (C=O) groups excluding carboxylic acids is 3. The third-order valence-electron chi connectivity index (χ3n) is 4.93. The second-order valence-corrected chi connectivity index (χ2v) is 7.00. The number of hydrogen-bond donors (Lipinski definition) is 1. The van der Waals surface area contributed by atoms with Crippen molar-refractivity contribution in [2.75, 3.05) is 30.5 Å². The topological polar surface area (TPSA) is 84.9 Å². The van der Waals surface area contributed by atoms with E-state index in [0.717, 1.165) is 11.1 Å². The molecule has 0 unspecified atom stereocenters. The molecule has 3 rings (SSSR count). The number of rotatable bonds is 6. The Hall–Kier alpha value is -3.35. The Morgan fingerprint density at radius 2 is 1.79 bits per heavy atom. The first-order valence-corrected chi connectivity index (χ1v) is 9.36. The van der Waals surface area contributed by atoms with E-state index < -0.39 is 24.4 Å². The van der Waals surface area contributed by atoms with Crippen LogP contribution in [-0.4, -0.2) is 38.0 Å². The second-order valence-electron chi connectivity index (χ2n) is 7.00. The van der Waals surface area contributed by atoms with Crippen LogP contribution in [0.2, 0.25) is 0 Å². The van der Waals surface area contributed by atoms with E-state index in [2.05, 4.69) is 5.32 Å². The normalized spacial score (nSPS) is 15.9. The minimum Gasteiger partial charge on any atom is -0.495 e. The Kier molecular flexibility index (Phi) is 6.16. The zero-order chi connectivity index (χ0) is 21.0. The molecule has 1 heterocycles. The van der Waals surface area contributed by atoms with E-state index in [9.17, 15) is 14.4 Å². The van der Waals surface area contributed by atoms with Crippen molar-refractivity contribution in [2.45, 2.75) is 20.3 Å². The van der Waals surface area contributed by atoms with Gasteiger partial charge in [-0.05, 0) is 37.1 Å². The number of benzene rings is 2. The molecular weight excluding hydrogens is 372 g/mol. The number of amides is 2. The van der Waals surface area contributed by atoms with Gasteiger partial charge in [-0.3, -0.25) is 14.4 Å². The van der Waals surface area contributed by atoms with Gasteiger partial charge in [-0.25, -0.2) is 0 Å². The summed E-state index contributed by atoms with van der Waals surface area (Å²) in [6.07, 6.45) is 0.0371. The van der Waals surface area contributed by atoms with Crippen LogP contribution in [-0.2, 0) is 19.1 Å². The number of nitrogens with zero attached hydrogens (tertiary/aromatic N) is 1. The van der Waals surface area contributed by atoms with Crippen molar-refractivity contribution in [1.82, 2.24) is 0 Å². The highest BCUT2D eigenvalue weighted by atomic mass is 16.5. The molecule has 2 aromatic rings. The molecule has 7 nitrogen and oxygen atoms in total. The van der Waals surface area contributed by atoms with Crippen molar-refractivity contribution >= 4 is 29.2 Å². The Bertz CT molecular complexity index is 920. The Morgan fingerprint density at radius 3 is 2.48 bits per heavy atom. The third kappa shape index (κ3) is 4.56. The zero-order valence-corrected chi connectivity index (χ0v) is 16.7. The highest BCUT2D eigenvalue weighted by Crippen LogP contribution is 2.33. The Labute approximate surface area is 169 Å². The number of para-hydroxylation sites is 3. The fourth-order valence-electron chi connectivity index (χ4n) is 3.39. The number of esters is 1. The van der Waals surface area contributed by atoms with Gasteiger partial charge in [-0.2, -0.15) is 0 Å². The van der Waals surface area contributed by atoms with E-state index >= 15 is 0 Å². The van der Waals surface area contributed by atoms with Crippen LogP contribution >= 0.6 is 0 Å². The molecule has 2 amide bonds. The summed E-state index contributed by atoms with van der Waals surface area (Å²) in [7, 11) is 1.53. The van der Waals surface area contributed by atoms with E-state index in [1.165, 1.54) is 12.0 Å². The Morgan fingerprint density at radius 1 is 1.10 bits per heavy atom. The maximum atomic E-state index is 12.4. The van der Waals surface area contributed by atoms with Gasteiger partial charge in [0, 0.05) is 18.7 Å². The standard InChI is InChI=1S/C22H24N2O5/c1-14-7-6-8-15(2)21(14)23-19(25)13-29-22(27)16-11-20(26)24(12-16)17-9-4-5-10-18(17)28-3/h4-10,16H,11-13H2,1-3H3,(H,23,25)/t16-/m0/s1. The average Bonchev–Trinajstić information content (AvgIpc) is 3.10. The summed E-state index contributed by atoms with van der Waals surface area (Å²) in [6.45, 7) is 3.58. The van der Waals surface area contributed by atoms with Crippen LogP contribution in [0.25, 0.3) is 0 Å². The van der Waals surface area contributed by atoms with Crippen LogP contribution in [0.5, 0.6) is 5.75 Å². The van der Waals surface area contributed by atoms with E-state index in [-0.39, 0.29) is 18.9 Å². The first-order valence-electron chi connectivity index (χ1n) is 9.36. The maximum Gasteiger partial charge on any atom is 0.311 e. The first kappa shape index (κ1) is 20.4. The summed E-state index contributed by atoms with van der Waals surface area (Å²) in [5.74, 6) is -1.23. The number of hydrogen-bond acceptors (Lipinski definition) is 5. The first-order chi connectivity index (χ1) is 13.9. The van der Waals surface area contributed by atoms with Gasteiger partial charge in [0.1, 0.15) is 5.75 Å². The molecule has 152 valence electrons. The summed E-state index contributed by atoms with van der Waals surface area (Å²) in [5.41, 5.74) is 3.19. The van der Waals surface area contributed by atoms with Crippen molar-refractivity contribution < 1.29 is 23.9 Å². The third-order valence-corrected chi connectivity index (χ3v) is 4.93. The van der Waals surface area contributed by atoms with Gasteiger partial charge in [0.25, 0.3) is 5.91 Å². The molecule has 0 aliphatic carbocycles. The number of aryl methyl sites for hydroxylation is 2. The van der Waals surface area contributed by atoms with Crippen molar-refractivity contribution in [3.8, 4) is 5.75 Å². The molecule has 0 aromatic heterocycles. The average molecular weight is 396 g/mol. The molecule has 2 aromatic carbocycles. The minimum absolute atomic E-state index is 0.0371. The second kappa shape index (κ2) is 8.77. The van der Waals surface area contributed by atoms with Gasteiger partial charge in [0.2, 0.25) is 5.91 Å². The SMILES string of the molecule is COc1ccccc1N1C[C@@H](C(=O)OCC(=O)Nc2c(C)cccc2C)CC1=O. The van der Waals surface area contributed by atoms with E-state index in [1.807, 2.05) is 38.1 Å². The molecule has 0 saturated carbocycles. The largest absolute Gasteiger partial charge is 0.495 e. The fourth-order valence-corrected chi connectivity index (χ4v) is 3.39. The van der Waals surface area contributed by atoms with E-state index in [1.54, 1.807) is 18.2 Å². The predicted molar refractivity (Wildman–Crippen MR) is 109 cm³/mol. The quantitative estimate of drug-likeness (QED) is 0.759. The molecule has 1 aliphatic heterocycles. The number of methoxy groups -OCH3 is 1. The van der Waals surface area contributed by atoms with Crippen LogP contribution in [0.3, 0.4) is 0 Å². The molecule has 0 bridgehead atoms. The van der Waals surface area contributed by atoms with Crippen molar-refractivity contribution in [1.29, 1.82) is 0 Å². The molecular formula is C22H24N2O5. The van der Waals surface area contributed by atoms with Crippen LogP contribution in [0.4, 0.5) is 11.4 Å². The lowest BCUT2D eigenvalue weighted by atomic mass is 10.1. The molecule has 7 heteroatoms. The molecule has 0 spiro atoms. The van der Waals surface area contributed by atoms with Gasteiger partial charge >= 0.3 is 5.97 Å².